The molecule has 25 heavy (non-hydrogen) atoms. The number of rotatable bonds is 5. The molecule has 1 N–H and O–H groups in total. The number of aliphatic hydroxyl groups excluding tert-OH is 1. The Balaban J connectivity index is 1.70. The molecule has 1 amide bonds. The molecule has 1 aliphatic heterocycles. The molecule has 2 aromatic carbocycles. The van der Waals surface area contributed by atoms with E-state index in [0.29, 0.717) is 17.1 Å². The molecule has 1 fully saturated rings. The number of aliphatic hydroxyl groups is 1. The Labute approximate surface area is 154 Å². The first-order valence-corrected chi connectivity index (χ1v) is 9.19. The molecule has 0 radical (unpaired) electrons. The zero-order valence-electron chi connectivity index (χ0n) is 14.3. The van der Waals surface area contributed by atoms with Gasteiger partial charge in [0.25, 0.3) is 5.91 Å². The van der Waals surface area contributed by atoms with Gasteiger partial charge in [0.05, 0.1) is 6.61 Å². The lowest BCUT2D eigenvalue weighted by molar-refractivity contribution is 0.0228. The first kappa shape index (κ1) is 18.0. The van der Waals surface area contributed by atoms with Crippen LogP contribution < -0.4 is 0 Å². The molecule has 1 saturated heterocycles. The second-order valence-electron chi connectivity index (χ2n) is 6.98. The summed E-state index contributed by atoms with van der Waals surface area (Å²) < 4.78 is 0. The van der Waals surface area contributed by atoms with E-state index in [-0.39, 0.29) is 17.9 Å². The van der Waals surface area contributed by atoms with Crippen LogP contribution in [0.2, 0.25) is 5.02 Å². The van der Waals surface area contributed by atoms with Gasteiger partial charge in [-0.3, -0.25) is 4.79 Å². The summed E-state index contributed by atoms with van der Waals surface area (Å²) in [6, 6.07) is 17.4. The Kier molecular flexibility index (Phi) is 5.77. The number of amides is 1. The van der Waals surface area contributed by atoms with Crippen molar-refractivity contribution in [3.63, 3.8) is 0 Å². The van der Waals surface area contributed by atoms with Crippen LogP contribution >= 0.6 is 11.6 Å². The highest BCUT2D eigenvalue weighted by atomic mass is 35.5. The van der Waals surface area contributed by atoms with Crippen LogP contribution in [0.25, 0.3) is 0 Å². The van der Waals surface area contributed by atoms with E-state index in [0.717, 1.165) is 32.2 Å². The van der Waals surface area contributed by atoms with Gasteiger partial charge in [-0.1, -0.05) is 48.0 Å². The van der Waals surface area contributed by atoms with Gasteiger partial charge in [0.1, 0.15) is 0 Å². The summed E-state index contributed by atoms with van der Waals surface area (Å²) in [4.78, 5) is 14.7. The van der Waals surface area contributed by atoms with Crippen LogP contribution in [0.4, 0.5) is 0 Å². The van der Waals surface area contributed by atoms with Crippen LogP contribution in [0.5, 0.6) is 0 Å². The number of hydrogen-bond donors (Lipinski definition) is 1. The lowest BCUT2D eigenvalue weighted by Crippen LogP contribution is -2.48. The predicted octanol–water partition coefficient (Wildman–Crippen LogP) is 4.19. The molecule has 1 unspecified atom stereocenters. The topological polar surface area (TPSA) is 40.5 Å². The lowest BCUT2D eigenvalue weighted by atomic mass is 9.76. The Morgan fingerprint density at radius 2 is 1.96 bits per heavy atom. The molecule has 3 rings (SSSR count). The van der Waals surface area contributed by atoms with Gasteiger partial charge in [-0.25, -0.2) is 0 Å². The van der Waals surface area contributed by atoms with Crippen molar-refractivity contribution in [1.29, 1.82) is 0 Å². The van der Waals surface area contributed by atoms with Crippen molar-refractivity contribution in [2.75, 3.05) is 19.7 Å². The predicted molar refractivity (Wildman–Crippen MR) is 101 cm³/mol. The Bertz CT molecular complexity index is 719. The molecule has 1 aliphatic rings. The summed E-state index contributed by atoms with van der Waals surface area (Å²) in [5.41, 5.74) is 1.67. The highest BCUT2D eigenvalue weighted by Gasteiger charge is 2.36. The maximum Gasteiger partial charge on any atom is 0.253 e. The fraction of sp³-hybridized carbons (Fsp3) is 0.381. The van der Waals surface area contributed by atoms with Gasteiger partial charge < -0.3 is 10.0 Å². The molecule has 132 valence electrons. The number of hydrogen-bond acceptors (Lipinski definition) is 2. The molecule has 0 saturated carbocycles. The van der Waals surface area contributed by atoms with Gasteiger partial charge in [-0.15, -0.1) is 0 Å². The van der Waals surface area contributed by atoms with Crippen molar-refractivity contribution in [3.8, 4) is 0 Å². The number of piperidine rings is 1. The molecule has 4 heteroatoms. The van der Waals surface area contributed by atoms with Crippen LogP contribution in [-0.4, -0.2) is 35.6 Å². The molecule has 2 aromatic rings. The van der Waals surface area contributed by atoms with Crippen LogP contribution in [0.15, 0.2) is 54.6 Å². The van der Waals surface area contributed by atoms with Gasteiger partial charge >= 0.3 is 0 Å². The number of carbonyl (C=O) groups excluding carboxylic acids is 1. The molecule has 1 atom stereocenters. The molecular weight excluding hydrogens is 334 g/mol. The molecule has 3 nitrogen and oxygen atoms in total. The summed E-state index contributed by atoms with van der Waals surface area (Å²) in [6.07, 6.45) is 3.67. The minimum atomic E-state index is -0.220. The van der Waals surface area contributed by atoms with Crippen molar-refractivity contribution in [3.05, 3.63) is 70.7 Å². The summed E-state index contributed by atoms with van der Waals surface area (Å²) in [5.74, 6) is -0.000244. The van der Waals surface area contributed by atoms with Gasteiger partial charge in [0.15, 0.2) is 0 Å². The standard InChI is InChI=1S/C21H24ClNO2/c22-19-9-4-8-18(14-19)20(25)23-13-5-11-21(15-23,16-24)12-10-17-6-2-1-3-7-17/h1-4,6-9,14,24H,5,10-13,15-16H2. The molecule has 0 bridgehead atoms. The van der Waals surface area contributed by atoms with E-state index in [1.165, 1.54) is 5.56 Å². The van der Waals surface area contributed by atoms with E-state index in [4.69, 9.17) is 11.6 Å². The van der Waals surface area contributed by atoms with E-state index in [1.54, 1.807) is 24.3 Å². The zero-order chi connectivity index (χ0) is 17.7. The van der Waals surface area contributed by atoms with E-state index >= 15 is 0 Å². The Hall–Kier alpha value is -1.84. The molecule has 0 spiro atoms. The van der Waals surface area contributed by atoms with E-state index < -0.39 is 0 Å². The number of carbonyl (C=O) groups is 1. The minimum absolute atomic E-state index is 0.000244. The number of likely N-dealkylation sites (tertiary alicyclic amines) is 1. The Morgan fingerprint density at radius 3 is 2.68 bits per heavy atom. The van der Waals surface area contributed by atoms with Gasteiger partial charge in [0.2, 0.25) is 0 Å². The van der Waals surface area contributed by atoms with Crippen molar-refractivity contribution in [2.45, 2.75) is 25.7 Å². The average Bonchev–Trinajstić information content (AvgIpc) is 2.67. The van der Waals surface area contributed by atoms with E-state index in [1.807, 2.05) is 23.1 Å². The third kappa shape index (κ3) is 4.42. The monoisotopic (exact) mass is 357 g/mol. The highest BCUT2D eigenvalue weighted by Crippen LogP contribution is 2.35. The van der Waals surface area contributed by atoms with Crippen LogP contribution in [0.1, 0.15) is 35.2 Å². The highest BCUT2D eigenvalue weighted by molar-refractivity contribution is 6.30. The second kappa shape index (κ2) is 8.03. The van der Waals surface area contributed by atoms with Crippen molar-refractivity contribution in [2.24, 2.45) is 5.41 Å². The van der Waals surface area contributed by atoms with Crippen LogP contribution in [0, 0.1) is 5.41 Å². The SMILES string of the molecule is O=C(c1cccc(Cl)c1)N1CCCC(CO)(CCc2ccccc2)C1. The smallest absolute Gasteiger partial charge is 0.253 e. The summed E-state index contributed by atoms with van der Waals surface area (Å²) >= 11 is 6.02. The normalized spacial score (nSPS) is 20.5. The molecule has 0 aromatic heterocycles. The fourth-order valence-corrected chi connectivity index (χ4v) is 3.84. The fourth-order valence-electron chi connectivity index (χ4n) is 3.65. The van der Waals surface area contributed by atoms with Gasteiger partial charge in [-0.2, -0.15) is 0 Å². The first-order valence-electron chi connectivity index (χ1n) is 8.82. The Morgan fingerprint density at radius 1 is 1.16 bits per heavy atom. The van der Waals surface area contributed by atoms with E-state index in [9.17, 15) is 9.90 Å². The van der Waals surface area contributed by atoms with Gasteiger partial charge in [-0.05, 0) is 49.4 Å². The van der Waals surface area contributed by atoms with Crippen molar-refractivity contribution in [1.82, 2.24) is 4.90 Å². The average molecular weight is 358 g/mol. The van der Waals surface area contributed by atoms with Crippen LogP contribution in [0.3, 0.4) is 0 Å². The summed E-state index contributed by atoms with van der Waals surface area (Å²) in [5, 5.41) is 10.6. The maximum absolute atomic E-state index is 12.8. The molecule has 1 heterocycles. The second-order valence-corrected chi connectivity index (χ2v) is 7.42. The number of halogens is 1. The molecule has 0 aliphatic carbocycles. The maximum atomic E-state index is 12.8. The van der Waals surface area contributed by atoms with Crippen LogP contribution in [-0.2, 0) is 6.42 Å². The van der Waals surface area contributed by atoms with Crippen molar-refractivity contribution < 1.29 is 9.90 Å². The third-order valence-electron chi connectivity index (χ3n) is 5.14. The largest absolute Gasteiger partial charge is 0.396 e. The van der Waals surface area contributed by atoms with Crippen molar-refractivity contribution >= 4 is 17.5 Å². The minimum Gasteiger partial charge on any atom is -0.396 e. The molecular formula is C21H24ClNO2. The zero-order valence-corrected chi connectivity index (χ0v) is 15.1. The van der Waals surface area contributed by atoms with Gasteiger partial charge in [0, 0.05) is 29.1 Å². The number of aryl methyl sites for hydroxylation is 1. The number of nitrogens with zero attached hydrogens (tertiary/aromatic N) is 1. The lowest BCUT2D eigenvalue weighted by Gasteiger charge is -2.42. The third-order valence-corrected chi connectivity index (χ3v) is 5.38. The quantitative estimate of drug-likeness (QED) is 0.871. The number of benzene rings is 2. The van der Waals surface area contributed by atoms with E-state index in [2.05, 4.69) is 12.1 Å². The summed E-state index contributed by atoms with van der Waals surface area (Å²) in [7, 11) is 0. The first-order chi connectivity index (χ1) is 12.1. The summed E-state index contributed by atoms with van der Waals surface area (Å²) in [6.45, 7) is 1.44.